The van der Waals surface area contributed by atoms with Crippen LogP contribution in [0.1, 0.15) is 96.8 Å². The molecule has 2 aliphatic carbocycles. The van der Waals surface area contributed by atoms with Crippen molar-refractivity contribution in [3.05, 3.63) is 0 Å². The fraction of sp³-hybridized carbons (Fsp3) is 1.00. The summed E-state index contributed by atoms with van der Waals surface area (Å²) >= 11 is 0. The topological polar surface area (TPSA) is 29.5 Å². The summed E-state index contributed by atoms with van der Waals surface area (Å²) in [6.45, 7) is 3.78. The van der Waals surface area contributed by atoms with Crippen LogP contribution >= 0.6 is 0 Å². The number of hydrogen-bond acceptors (Lipinski definition) is 2. The Balaban J connectivity index is 1.29. The van der Waals surface area contributed by atoms with Crippen molar-refractivity contribution < 1.29 is 9.84 Å². The highest BCUT2D eigenvalue weighted by Gasteiger charge is 2.31. The first kappa shape index (κ1) is 19.7. The van der Waals surface area contributed by atoms with Crippen molar-refractivity contribution in [2.45, 2.75) is 103 Å². The van der Waals surface area contributed by atoms with Gasteiger partial charge in [-0.25, -0.2) is 0 Å². The van der Waals surface area contributed by atoms with Crippen LogP contribution in [0.3, 0.4) is 0 Å². The van der Waals surface area contributed by atoms with Crippen LogP contribution in [0.4, 0.5) is 0 Å². The van der Waals surface area contributed by atoms with E-state index in [1.54, 1.807) is 0 Å². The SMILES string of the molecule is CCCC1CCC(C2CCC(CCC3CCC(CO)CC3)OC2)CC1. The molecular formula is C23H42O2. The smallest absolute Gasteiger partial charge is 0.0575 e. The number of hydrogen-bond donors (Lipinski definition) is 1. The molecule has 3 rings (SSSR count). The Hall–Kier alpha value is -0.0800. The highest BCUT2D eigenvalue weighted by Crippen LogP contribution is 2.40. The second-order valence-corrected chi connectivity index (χ2v) is 9.51. The van der Waals surface area contributed by atoms with Crippen LogP contribution < -0.4 is 0 Å². The first-order chi connectivity index (χ1) is 12.3. The minimum Gasteiger partial charge on any atom is -0.396 e. The second-order valence-electron chi connectivity index (χ2n) is 9.51. The number of rotatable bonds is 7. The molecule has 1 heterocycles. The average molecular weight is 351 g/mol. The summed E-state index contributed by atoms with van der Waals surface area (Å²) in [5.41, 5.74) is 0. The van der Waals surface area contributed by atoms with E-state index in [-0.39, 0.29) is 0 Å². The van der Waals surface area contributed by atoms with Gasteiger partial charge in [0.25, 0.3) is 0 Å². The van der Waals surface area contributed by atoms with Gasteiger partial charge in [-0.05, 0) is 81.0 Å². The number of aliphatic hydroxyl groups is 1. The number of aliphatic hydroxyl groups excluding tert-OH is 1. The summed E-state index contributed by atoms with van der Waals surface area (Å²) < 4.78 is 6.31. The molecular weight excluding hydrogens is 308 g/mol. The van der Waals surface area contributed by atoms with Crippen LogP contribution in [0, 0.1) is 29.6 Å². The molecule has 0 amide bonds. The van der Waals surface area contributed by atoms with E-state index in [1.165, 1.54) is 89.9 Å². The molecule has 1 aliphatic heterocycles. The summed E-state index contributed by atoms with van der Waals surface area (Å²) in [7, 11) is 0. The van der Waals surface area contributed by atoms with E-state index < -0.39 is 0 Å². The van der Waals surface area contributed by atoms with E-state index in [2.05, 4.69) is 6.92 Å². The average Bonchev–Trinajstić information content (AvgIpc) is 2.68. The van der Waals surface area contributed by atoms with Gasteiger partial charge >= 0.3 is 0 Å². The third-order valence-corrected chi connectivity index (χ3v) is 7.78. The summed E-state index contributed by atoms with van der Waals surface area (Å²) in [5.74, 6) is 4.34. The third-order valence-electron chi connectivity index (χ3n) is 7.78. The van der Waals surface area contributed by atoms with Crippen molar-refractivity contribution >= 4 is 0 Å². The van der Waals surface area contributed by atoms with Crippen LogP contribution in [0.5, 0.6) is 0 Å². The maximum atomic E-state index is 9.26. The van der Waals surface area contributed by atoms with Gasteiger partial charge in [0.1, 0.15) is 0 Å². The Morgan fingerprint density at radius 1 is 0.680 bits per heavy atom. The van der Waals surface area contributed by atoms with Crippen molar-refractivity contribution in [3.63, 3.8) is 0 Å². The molecule has 0 radical (unpaired) electrons. The standard InChI is InChI=1S/C23H42O2/c1-2-3-18-8-11-21(12-9-18)22-13-15-23(25-17-22)14-10-19-4-6-20(16-24)7-5-19/h18-24H,2-17H2,1H3. The van der Waals surface area contributed by atoms with Crippen LogP contribution in [0.25, 0.3) is 0 Å². The Kier molecular flexibility index (Phi) is 8.11. The predicted molar refractivity (Wildman–Crippen MR) is 105 cm³/mol. The quantitative estimate of drug-likeness (QED) is 0.613. The number of ether oxygens (including phenoxy) is 1. The van der Waals surface area contributed by atoms with Gasteiger partial charge in [0, 0.05) is 6.61 Å². The fourth-order valence-electron chi connectivity index (χ4n) is 5.91. The molecule has 2 saturated carbocycles. The van der Waals surface area contributed by atoms with Gasteiger partial charge < -0.3 is 9.84 Å². The molecule has 0 aromatic heterocycles. The fourth-order valence-corrected chi connectivity index (χ4v) is 5.91. The maximum Gasteiger partial charge on any atom is 0.0575 e. The first-order valence-electron chi connectivity index (χ1n) is 11.5. The van der Waals surface area contributed by atoms with Crippen molar-refractivity contribution in [1.82, 2.24) is 0 Å². The van der Waals surface area contributed by atoms with Gasteiger partial charge in [0.2, 0.25) is 0 Å². The normalized spacial score (nSPS) is 40.1. The summed E-state index contributed by atoms with van der Waals surface area (Å²) in [6, 6.07) is 0. The molecule has 0 aromatic carbocycles. The van der Waals surface area contributed by atoms with E-state index in [0.717, 1.165) is 30.3 Å². The highest BCUT2D eigenvalue weighted by atomic mass is 16.5. The maximum absolute atomic E-state index is 9.26. The molecule has 1 saturated heterocycles. The molecule has 2 atom stereocenters. The van der Waals surface area contributed by atoms with Gasteiger partial charge in [-0.1, -0.05) is 45.4 Å². The highest BCUT2D eigenvalue weighted by molar-refractivity contribution is 4.82. The van der Waals surface area contributed by atoms with E-state index in [0.29, 0.717) is 18.6 Å². The van der Waals surface area contributed by atoms with E-state index in [4.69, 9.17) is 4.74 Å². The van der Waals surface area contributed by atoms with E-state index in [9.17, 15) is 5.11 Å². The van der Waals surface area contributed by atoms with Gasteiger partial charge in [-0.2, -0.15) is 0 Å². The molecule has 2 unspecified atom stereocenters. The molecule has 1 N–H and O–H groups in total. The largest absolute Gasteiger partial charge is 0.396 e. The zero-order valence-electron chi connectivity index (χ0n) is 16.6. The lowest BCUT2D eigenvalue weighted by Gasteiger charge is -2.38. The first-order valence-corrected chi connectivity index (χ1v) is 11.5. The minimum atomic E-state index is 0.403. The zero-order chi connectivity index (χ0) is 17.5. The van der Waals surface area contributed by atoms with Gasteiger partial charge in [0.05, 0.1) is 12.7 Å². The summed E-state index contributed by atoms with van der Waals surface area (Å²) in [6.07, 6.45) is 19.8. The molecule has 2 nitrogen and oxygen atoms in total. The molecule has 146 valence electrons. The van der Waals surface area contributed by atoms with Gasteiger partial charge in [-0.3, -0.25) is 0 Å². The lowest BCUT2D eigenvalue weighted by Crippen LogP contribution is -2.32. The molecule has 2 heteroatoms. The van der Waals surface area contributed by atoms with Crippen molar-refractivity contribution in [2.75, 3.05) is 13.2 Å². The molecule has 25 heavy (non-hydrogen) atoms. The molecule has 3 aliphatic rings. The Bertz CT molecular complexity index is 345. The van der Waals surface area contributed by atoms with Crippen molar-refractivity contribution in [1.29, 1.82) is 0 Å². The van der Waals surface area contributed by atoms with E-state index in [1.807, 2.05) is 0 Å². The lowest BCUT2D eigenvalue weighted by molar-refractivity contribution is -0.0449. The zero-order valence-corrected chi connectivity index (χ0v) is 16.6. The molecule has 0 aromatic rings. The Labute approximate surface area is 156 Å². The van der Waals surface area contributed by atoms with Gasteiger partial charge in [0.15, 0.2) is 0 Å². The minimum absolute atomic E-state index is 0.403. The monoisotopic (exact) mass is 350 g/mol. The van der Waals surface area contributed by atoms with E-state index >= 15 is 0 Å². The Morgan fingerprint density at radius 3 is 1.88 bits per heavy atom. The van der Waals surface area contributed by atoms with Crippen LogP contribution in [0.2, 0.25) is 0 Å². The Morgan fingerprint density at radius 2 is 1.28 bits per heavy atom. The third kappa shape index (κ3) is 5.96. The van der Waals surface area contributed by atoms with Crippen molar-refractivity contribution in [2.24, 2.45) is 29.6 Å². The second kappa shape index (κ2) is 10.3. The van der Waals surface area contributed by atoms with Crippen LogP contribution in [-0.2, 0) is 4.74 Å². The summed E-state index contributed by atoms with van der Waals surface area (Å²) in [4.78, 5) is 0. The molecule has 0 spiro atoms. The lowest BCUT2D eigenvalue weighted by atomic mass is 9.72. The van der Waals surface area contributed by atoms with Crippen LogP contribution in [0.15, 0.2) is 0 Å². The molecule has 0 bridgehead atoms. The van der Waals surface area contributed by atoms with Crippen molar-refractivity contribution in [3.8, 4) is 0 Å². The van der Waals surface area contributed by atoms with Crippen LogP contribution in [-0.4, -0.2) is 24.4 Å². The van der Waals surface area contributed by atoms with Gasteiger partial charge in [-0.15, -0.1) is 0 Å². The summed E-state index contributed by atoms with van der Waals surface area (Å²) in [5, 5.41) is 9.26. The molecule has 3 fully saturated rings. The predicted octanol–water partition coefficient (Wildman–Crippen LogP) is 5.97.